The van der Waals surface area contributed by atoms with Gasteiger partial charge in [0.15, 0.2) is 0 Å². The van der Waals surface area contributed by atoms with E-state index < -0.39 is 0 Å². The number of aromatic amines is 1. The molecule has 0 aliphatic rings. The lowest BCUT2D eigenvalue weighted by Crippen LogP contribution is -2.13. The third-order valence-electron chi connectivity index (χ3n) is 3.39. The van der Waals surface area contributed by atoms with E-state index in [0.717, 1.165) is 11.1 Å². The Morgan fingerprint density at radius 2 is 2.24 bits per heavy atom. The first-order valence-corrected chi connectivity index (χ1v) is 6.27. The van der Waals surface area contributed by atoms with Crippen molar-refractivity contribution in [2.75, 3.05) is 0 Å². The summed E-state index contributed by atoms with van der Waals surface area (Å²) in [4.78, 5) is 15.3. The number of aryl methyl sites for hydroxylation is 1. The quantitative estimate of drug-likeness (QED) is 0.692. The number of hydrogen-bond acceptors (Lipinski definition) is 4. The third-order valence-corrected chi connectivity index (χ3v) is 3.39. The zero-order valence-electron chi connectivity index (χ0n) is 11.3. The topological polar surface area (TPSA) is 93.9 Å². The minimum absolute atomic E-state index is 0.222. The first-order valence-electron chi connectivity index (χ1n) is 6.27. The summed E-state index contributed by atoms with van der Waals surface area (Å²) >= 11 is 0. The first-order chi connectivity index (χ1) is 10.2. The van der Waals surface area contributed by atoms with Crippen LogP contribution in [0.1, 0.15) is 5.69 Å². The summed E-state index contributed by atoms with van der Waals surface area (Å²) in [5, 5.41) is 11.7. The van der Waals surface area contributed by atoms with E-state index in [9.17, 15) is 4.79 Å². The van der Waals surface area contributed by atoms with Crippen LogP contribution >= 0.6 is 0 Å². The molecule has 7 nitrogen and oxygen atoms in total. The van der Waals surface area contributed by atoms with Crippen LogP contribution in [0.15, 0.2) is 29.2 Å². The van der Waals surface area contributed by atoms with Crippen LogP contribution < -0.4 is 11.3 Å². The lowest BCUT2D eigenvalue weighted by molar-refractivity contribution is 0.782. The monoisotopic (exact) mass is 280 g/mol. The van der Waals surface area contributed by atoms with Crippen LogP contribution in [-0.2, 0) is 13.6 Å². The summed E-state index contributed by atoms with van der Waals surface area (Å²) in [6, 6.07) is 5.33. The molecule has 0 aliphatic heterocycles. The van der Waals surface area contributed by atoms with Crippen molar-refractivity contribution in [2.45, 2.75) is 6.54 Å². The smallest absolute Gasteiger partial charge is 0.272 e. The number of benzene rings is 1. The number of fused-ring (bicyclic) bond motifs is 1. The Hall–Kier alpha value is -2.98. The second-order valence-electron chi connectivity index (χ2n) is 4.58. The first kappa shape index (κ1) is 13.0. The largest absolute Gasteiger partial charge is 0.362 e. The maximum Gasteiger partial charge on any atom is 0.272 e. The highest BCUT2D eigenvalue weighted by molar-refractivity contribution is 5.90. The van der Waals surface area contributed by atoms with Crippen LogP contribution in [0.3, 0.4) is 0 Å². The van der Waals surface area contributed by atoms with Gasteiger partial charge in [-0.25, -0.2) is 9.78 Å². The average molecular weight is 280 g/mol. The fourth-order valence-electron chi connectivity index (χ4n) is 2.31. The summed E-state index contributed by atoms with van der Waals surface area (Å²) in [5.74, 6) is 0.446. The molecular formula is C14H12N6O. The molecule has 0 unspecified atom stereocenters. The maximum atomic E-state index is 11.8. The van der Waals surface area contributed by atoms with Crippen molar-refractivity contribution in [1.29, 1.82) is 0 Å². The normalized spacial score (nSPS) is 10.7. The highest BCUT2D eigenvalue weighted by atomic mass is 16.1. The minimum atomic E-state index is -0.259. The molecule has 1 aromatic carbocycles. The lowest BCUT2D eigenvalue weighted by atomic mass is 10.0. The molecule has 3 aromatic rings. The molecule has 0 bridgehead atoms. The molecule has 3 rings (SSSR count). The molecule has 7 heteroatoms. The number of nitrogens with one attached hydrogen (secondary N) is 1. The molecule has 0 aliphatic carbocycles. The molecule has 2 heterocycles. The molecule has 104 valence electrons. The van der Waals surface area contributed by atoms with E-state index in [1.54, 1.807) is 25.4 Å². The summed E-state index contributed by atoms with van der Waals surface area (Å²) in [6.07, 6.45) is 1.64. The van der Waals surface area contributed by atoms with Crippen LogP contribution in [0.4, 0.5) is 5.82 Å². The van der Waals surface area contributed by atoms with E-state index in [2.05, 4.69) is 20.1 Å². The molecule has 0 saturated carbocycles. The molecule has 0 atom stereocenters. The van der Waals surface area contributed by atoms with Gasteiger partial charge in [-0.3, -0.25) is 4.79 Å². The van der Waals surface area contributed by atoms with Crippen molar-refractivity contribution in [3.05, 3.63) is 51.9 Å². The van der Waals surface area contributed by atoms with Crippen molar-refractivity contribution in [2.24, 2.45) is 12.8 Å². The number of rotatable bonds is 2. The van der Waals surface area contributed by atoms with E-state index in [1.807, 2.05) is 6.07 Å². The van der Waals surface area contributed by atoms with Gasteiger partial charge in [-0.05, 0) is 17.7 Å². The summed E-state index contributed by atoms with van der Waals surface area (Å²) in [6.45, 7) is 7.47. The molecular weight excluding hydrogens is 268 g/mol. The van der Waals surface area contributed by atoms with E-state index in [-0.39, 0.29) is 12.1 Å². The van der Waals surface area contributed by atoms with Crippen molar-refractivity contribution in [3.63, 3.8) is 0 Å². The van der Waals surface area contributed by atoms with Gasteiger partial charge in [0.1, 0.15) is 0 Å². The Morgan fingerprint density at radius 3 is 2.95 bits per heavy atom. The van der Waals surface area contributed by atoms with Gasteiger partial charge in [0.25, 0.3) is 11.4 Å². The van der Waals surface area contributed by atoms with Crippen molar-refractivity contribution < 1.29 is 0 Å². The zero-order valence-corrected chi connectivity index (χ0v) is 11.3. The maximum absolute atomic E-state index is 11.8. The molecule has 2 aromatic heterocycles. The van der Waals surface area contributed by atoms with Crippen LogP contribution in [0, 0.1) is 6.57 Å². The minimum Gasteiger partial charge on any atom is -0.362 e. The Balaban J connectivity index is 2.31. The van der Waals surface area contributed by atoms with Gasteiger partial charge >= 0.3 is 0 Å². The molecule has 0 fully saturated rings. The molecule has 0 saturated heterocycles. The lowest BCUT2D eigenvalue weighted by Gasteiger charge is -2.05. The highest BCUT2D eigenvalue weighted by Gasteiger charge is 2.13. The molecule has 21 heavy (non-hydrogen) atoms. The Kier molecular flexibility index (Phi) is 3.01. The third kappa shape index (κ3) is 1.98. The Morgan fingerprint density at radius 1 is 1.43 bits per heavy atom. The number of aromatic nitrogens is 4. The van der Waals surface area contributed by atoms with Gasteiger partial charge in [-0.15, -0.1) is 5.10 Å². The highest BCUT2D eigenvalue weighted by Crippen LogP contribution is 2.31. The standard InChI is InChI=1S/C14H12N6O/c1-16-13-11(7-17-20(13)2)8-3-4-9-10(5-8)12(6-15)18-19-14(9)21/h3-5,7H,6,15H2,2H3,(H,19,21). The Labute approximate surface area is 119 Å². The molecule has 0 amide bonds. The number of nitrogens with two attached hydrogens (primary N) is 1. The van der Waals surface area contributed by atoms with E-state index in [0.29, 0.717) is 22.3 Å². The summed E-state index contributed by atoms with van der Waals surface area (Å²) < 4.78 is 1.52. The van der Waals surface area contributed by atoms with E-state index in [4.69, 9.17) is 12.3 Å². The van der Waals surface area contributed by atoms with Gasteiger partial charge < -0.3 is 10.6 Å². The van der Waals surface area contributed by atoms with Crippen LogP contribution in [0.25, 0.3) is 26.7 Å². The summed E-state index contributed by atoms with van der Waals surface area (Å²) in [7, 11) is 1.72. The van der Waals surface area contributed by atoms with Gasteiger partial charge in [-0.1, -0.05) is 12.6 Å². The van der Waals surface area contributed by atoms with Gasteiger partial charge in [0.2, 0.25) is 0 Å². The molecule has 0 radical (unpaired) electrons. The van der Waals surface area contributed by atoms with Crippen LogP contribution in [-0.4, -0.2) is 20.0 Å². The van der Waals surface area contributed by atoms with Gasteiger partial charge in [-0.2, -0.15) is 5.10 Å². The van der Waals surface area contributed by atoms with Gasteiger partial charge in [0.05, 0.1) is 24.3 Å². The van der Waals surface area contributed by atoms with Crippen molar-refractivity contribution >= 4 is 16.6 Å². The second-order valence-corrected chi connectivity index (χ2v) is 4.58. The van der Waals surface area contributed by atoms with Crippen molar-refractivity contribution in [3.8, 4) is 11.1 Å². The molecule has 0 spiro atoms. The number of hydrogen-bond donors (Lipinski definition) is 2. The van der Waals surface area contributed by atoms with E-state index >= 15 is 0 Å². The average Bonchev–Trinajstić information content (AvgIpc) is 2.88. The Bertz CT molecular complexity index is 931. The number of nitrogens with zero attached hydrogens (tertiary/aromatic N) is 4. The second kappa shape index (κ2) is 4.85. The predicted octanol–water partition coefficient (Wildman–Crippen LogP) is 1.33. The zero-order chi connectivity index (χ0) is 15.0. The van der Waals surface area contributed by atoms with Crippen molar-refractivity contribution in [1.82, 2.24) is 20.0 Å². The summed E-state index contributed by atoms with van der Waals surface area (Å²) in [5.41, 5.74) is 7.55. The predicted molar refractivity (Wildman–Crippen MR) is 78.7 cm³/mol. The van der Waals surface area contributed by atoms with Crippen LogP contribution in [0.2, 0.25) is 0 Å². The molecule has 3 N–H and O–H groups in total. The fourth-order valence-corrected chi connectivity index (χ4v) is 2.31. The fraction of sp³-hybridized carbons (Fsp3) is 0.143. The van der Waals surface area contributed by atoms with Gasteiger partial charge in [0, 0.05) is 17.5 Å². The van der Waals surface area contributed by atoms with E-state index in [1.165, 1.54) is 4.68 Å². The SMILES string of the molecule is [C-]#[N+]c1c(-c2ccc3c(=O)[nH]nc(CN)c3c2)cnn1C. The number of H-pyrrole nitrogens is 1. The van der Waals surface area contributed by atoms with Crippen LogP contribution in [0.5, 0.6) is 0 Å².